The van der Waals surface area contributed by atoms with Gasteiger partial charge in [0.2, 0.25) is 5.91 Å². The van der Waals surface area contributed by atoms with Crippen LogP contribution in [0.4, 0.5) is 5.69 Å². The molecule has 0 bridgehead atoms. The Hall–Kier alpha value is -2.34. The Kier molecular flexibility index (Phi) is 5.29. The second-order valence-corrected chi connectivity index (χ2v) is 7.70. The largest absolute Gasteiger partial charge is 0.496 e. The molecular weight excluding hydrogens is 326 g/mol. The Morgan fingerprint density at radius 2 is 1.75 bits per heavy atom. The third-order valence-electron chi connectivity index (χ3n) is 3.96. The quantitative estimate of drug-likeness (QED) is 0.902. The average molecular weight is 347 g/mol. The summed E-state index contributed by atoms with van der Waals surface area (Å²) in [6.07, 6.45) is 1.16. The zero-order chi connectivity index (χ0) is 17.9. The van der Waals surface area contributed by atoms with Gasteiger partial charge in [-0.3, -0.25) is 4.79 Å². The van der Waals surface area contributed by atoms with E-state index >= 15 is 0 Å². The number of anilines is 1. The average Bonchev–Trinajstić information content (AvgIpc) is 2.55. The summed E-state index contributed by atoms with van der Waals surface area (Å²) in [5.41, 5.74) is 2.30. The molecule has 0 aliphatic carbocycles. The van der Waals surface area contributed by atoms with E-state index in [0.29, 0.717) is 11.4 Å². The van der Waals surface area contributed by atoms with Crippen LogP contribution < -0.4 is 10.1 Å². The summed E-state index contributed by atoms with van der Waals surface area (Å²) in [6, 6.07) is 11.8. The second kappa shape index (κ2) is 7.05. The molecule has 0 saturated carbocycles. The maximum atomic E-state index is 12.5. The van der Waals surface area contributed by atoms with Crippen LogP contribution in [0.2, 0.25) is 0 Å². The number of sulfone groups is 1. The Labute approximate surface area is 142 Å². The van der Waals surface area contributed by atoms with E-state index < -0.39 is 15.8 Å². The number of carbonyl (C=O) groups is 1. The molecule has 24 heavy (non-hydrogen) atoms. The van der Waals surface area contributed by atoms with Crippen molar-refractivity contribution in [2.45, 2.75) is 24.7 Å². The third kappa shape index (κ3) is 3.94. The lowest BCUT2D eigenvalue weighted by Gasteiger charge is -2.15. The Balaban J connectivity index is 2.18. The van der Waals surface area contributed by atoms with Crippen molar-refractivity contribution < 1.29 is 17.9 Å². The molecule has 2 aromatic rings. The highest BCUT2D eigenvalue weighted by atomic mass is 32.2. The second-order valence-electron chi connectivity index (χ2n) is 5.68. The van der Waals surface area contributed by atoms with Crippen LogP contribution >= 0.6 is 0 Å². The minimum atomic E-state index is -3.24. The van der Waals surface area contributed by atoms with Gasteiger partial charge >= 0.3 is 0 Å². The summed E-state index contributed by atoms with van der Waals surface area (Å²) in [5.74, 6) is 0.126. The molecule has 0 aliphatic heterocycles. The van der Waals surface area contributed by atoms with Gasteiger partial charge in [0.15, 0.2) is 9.84 Å². The van der Waals surface area contributed by atoms with Crippen molar-refractivity contribution in [3.8, 4) is 5.75 Å². The first-order valence-corrected chi connectivity index (χ1v) is 9.37. The van der Waals surface area contributed by atoms with Gasteiger partial charge in [-0.1, -0.05) is 18.2 Å². The van der Waals surface area contributed by atoms with Crippen molar-refractivity contribution in [1.82, 2.24) is 0 Å². The molecule has 1 unspecified atom stereocenters. The number of carbonyl (C=O) groups excluding carboxylic acids is 1. The Bertz CT molecular complexity index is 842. The molecule has 0 aliphatic rings. The fraction of sp³-hybridized carbons (Fsp3) is 0.278. The lowest BCUT2D eigenvalue weighted by molar-refractivity contribution is -0.117. The molecule has 0 spiro atoms. The highest BCUT2D eigenvalue weighted by molar-refractivity contribution is 7.90. The number of methoxy groups -OCH3 is 1. The normalized spacial score (nSPS) is 12.5. The molecule has 128 valence electrons. The number of benzene rings is 2. The van der Waals surface area contributed by atoms with Crippen molar-refractivity contribution in [3.63, 3.8) is 0 Å². The number of hydrogen-bond donors (Lipinski definition) is 1. The lowest BCUT2D eigenvalue weighted by atomic mass is 10.00. The molecule has 1 atom stereocenters. The first kappa shape index (κ1) is 18.0. The number of nitrogens with one attached hydrogen (secondary N) is 1. The Morgan fingerprint density at radius 1 is 1.12 bits per heavy atom. The van der Waals surface area contributed by atoms with Crippen LogP contribution in [0, 0.1) is 6.92 Å². The SMILES string of the molecule is COc1cccc(NC(=O)C(C)c2ccc(S(C)(=O)=O)cc2)c1C. The van der Waals surface area contributed by atoms with E-state index in [-0.39, 0.29) is 10.8 Å². The molecule has 0 heterocycles. The van der Waals surface area contributed by atoms with E-state index in [1.807, 2.05) is 25.1 Å². The highest BCUT2D eigenvalue weighted by Crippen LogP contribution is 2.26. The molecule has 5 nitrogen and oxygen atoms in total. The topological polar surface area (TPSA) is 72.5 Å². The van der Waals surface area contributed by atoms with Gasteiger partial charge in [0.1, 0.15) is 5.75 Å². The molecule has 0 aromatic heterocycles. The van der Waals surface area contributed by atoms with E-state index in [0.717, 1.165) is 17.4 Å². The number of ether oxygens (including phenoxy) is 1. The molecule has 0 saturated heterocycles. The summed E-state index contributed by atoms with van der Waals surface area (Å²) in [6.45, 7) is 3.65. The van der Waals surface area contributed by atoms with E-state index in [9.17, 15) is 13.2 Å². The zero-order valence-corrected chi connectivity index (χ0v) is 15.0. The zero-order valence-electron chi connectivity index (χ0n) is 14.2. The monoisotopic (exact) mass is 347 g/mol. The molecule has 0 radical (unpaired) electrons. The van der Waals surface area contributed by atoms with Crippen molar-refractivity contribution >= 4 is 21.4 Å². The third-order valence-corrected chi connectivity index (χ3v) is 5.09. The minimum absolute atomic E-state index is 0.168. The first-order valence-electron chi connectivity index (χ1n) is 7.48. The molecule has 0 fully saturated rings. The smallest absolute Gasteiger partial charge is 0.231 e. The predicted octanol–water partition coefficient (Wildman–Crippen LogP) is 3.15. The highest BCUT2D eigenvalue weighted by Gasteiger charge is 2.17. The number of rotatable bonds is 5. The molecule has 2 rings (SSSR count). The van der Waals surface area contributed by atoms with Crippen LogP contribution in [0.3, 0.4) is 0 Å². The van der Waals surface area contributed by atoms with E-state index in [2.05, 4.69) is 5.32 Å². The number of amides is 1. The summed E-state index contributed by atoms with van der Waals surface area (Å²) in [4.78, 5) is 12.7. The van der Waals surface area contributed by atoms with Crippen LogP contribution in [0.15, 0.2) is 47.4 Å². The van der Waals surface area contributed by atoms with Gasteiger partial charge in [0.05, 0.1) is 17.9 Å². The van der Waals surface area contributed by atoms with Crippen LogP contribution in [0.1, 0.15) is 24.0 Å². The minimum Gasteiger partial charge on any atom is -0.496 e. The van der Waals surface area contributed by atoms with Crippen LogP contribution in [-0.4, -0.2) is 27.7 Å². The van der Waals surface area contributed by atoms with Crippen LogP contribution in [-0.2, 0) is 14.6 Å². The van der Waals surface area contributed by atoms with Gasteiger partial charge < -0.3 is 10.1 Å². The van der Waals surface area contributed by atoms with Gasteiger partial charge in [-0.05, 0) is 43.7 Å². The fourth-order valence-electron chi connectivity index (χ4n) is 2.37. The predicted molar refractivity (Wildman–Crippen MR) is 94.3 cm³/mol. The van der Waals surface area contributed by atoms with Crippen molar-refractivity contribution in [2.24, 2.45) is 0 Å². The Morgan fingerprint density at radius 3 is 2.29 bits per heavy atom. The molecule has 1 amide bonds. The standard InChI is InChI=1S/C18H21NO4S/c1-12(14-8-10-15(11-9-14)24(4,21)22)18(20)19-16-6-5-7-17(23-3)13(16)2/h5-12H,1-4H3,(H,19,20). The van der Waals surface area contributed by atoms with Gasteiger partial charge in [-0.15, -0.1) is 0 Å². The summed E-state index contributed by atoms with van der Waals surface area (Å²) in [7, 11) is -1.66. The van der Waals surface area contributed by atoms with Gasteiger partial charge in [-0.25, -0.2) is 8.42 Å². The summed E-state index contributed by atoms with van der Waals surface area (Å²) < 4.78 is 28.2. The number of hydrogen-bond acceptors (Lipinski definition) is 4. The molecular formula is C18H21NO4S. The van der Waals surface area contributed by atoms with Gasteiger partial charge in [0, 0.05) is 17.5 Å². The maximum absolute atomic E-state index is 12.5. The van der Waals surface area contributed by atoms with E-state index in [1.165, 1.54) is 12.1 Å². The summed E-state index contributed by atoms with van der Waals surface area (Å²) in [5, 5.41) is 2.89. The molecule has 1 N–H and O–H groups in total. The van der Waals surface area contributed by atoms with Crippen LogP contribution in [0.25, 0.3) is 0 Å². The van der Waals surface area contributed by atoms with Gasteiger partial charge in [-0.2, -0.15) is 0 Å². The molecule has 2 aromatic carbocycles. The molecule has 6 heteroatoms. The van der Waals surface area contributed by atoms with E-state index in [4.69, 9.17) is 4.74 Å². The fourth-order valence-corrected chi connectivity index (χ4v) is 3.00. The van der Waals surface area contributed by atoms with E-state index in [1.54, 1.807) is 26.2 Å². The van der Waals surface area contributed by atoms with Crippen molar-refractivity contribution in [2.75, 3.05) is 18.7 Å². The van der Waals surface area contributed by atoms with Crippen molar-refractivity contribution in [1.29, 1.82) is 0 Å². The van der Waals surface area contributed by atoms with Gasteiger partial charge in [0.25, 0.3) is 0 Å². The van der Waals surface area contributed by atoms with Crippen molar-refractivity contribution in [3.05, 3.63) is 53.6 Å². The first-order chi connectivity index (χ1) is 11.2. The maximum Gasteiger partial charge on any atom is 0.231 e. The summed E-state index contributed by atoms with van der Waals surface area (Å²) >= 11 is 0. The lowest BCUT2D eigenvalue weighted by Crippen LogP contribution is -2.19. The van der Waals surface area contributed by atoms with Crippen LogP contribution in [0.5, 0.6) is 5.75 Å².